The number of rotatable bonds is 8. The van der Waals surface area contributed by atoms with Crippen molar-refractivity contribution >= 4 is 66.2 Å². The van der Waals surface area contributed by atoms with Crippen LogP contribution in [0.15, 0.2) is 125 Å². The minimum Gasteiger partial charge on any atom is -0.504 e. The molecular formula is C32H27Cl2CrN8O10S2+. The SMILES string of the molecule is Cc1nn(-c2ccccc2)c(=O)[c-]1N=Nc1cc(Cl)cc(S(=O)(=O)O)c1O.Cc1nn(-c2ccccc2)c(=O)[c-]1N=Nc1cc(Cl)cc(S(=O)(=O)O)c1O.[Cr].[H+].[H+].[H+]. The Hall–Kier alpha value is -5.37. The van der Waals surface area contributed by atoms with Crippen LogP contribution >= 0.6 is 23.2 Å². The number of aromatic hydroxyl groups is 2. The van der Waals surface area contributed by atoms with Crippen LogP contribution in [0, 0.1) is 13.8 Å². The van der Waals surface area contributed by atoms with Crippen LogP contribution in [-0.4, -0.2) is 55.7 Å². The molecule has 0 atom stereocenters. The van der Waals surface area contributed by atoms with Crippen LogP contribution in [-0.2, 0) is 37.6 Å². The third-order valence-corrected chi connectivity index (χ3v) is 9.26. The molecule has 0 bridgehead atoms. The van der Waals surface area contributed by atoms with Crippen molar-refractivity contribution < 1.29 is 57.8 Å². The van der Waals surface area contributed by atoms with Crippen LogP contribution in [0.3, 0.4) is 0 Å². The number of para-hydroxylation sites is 2. The number of aryl methyl sites for hydroxylation is 2. The standard InChI is InChI=1S/2C16H12ClN4O5S.Cr/c2*1-9-14(16(23)21(20-9)11-5-3-2-4-6-11)19-18-12-7-10(17)8-13(15(12)22)27(24,25)26;/h2*2-8,22H,1H3,(H,24,25,26);/q2*-1;/p+3. The number of phenolic OH excluding ortho intramolecular Hbond substituents is 2. The second kappa shape index (κ2) is 17.0. The van der Waals surface area contributed by atoms with Gasteiger partial charge in [-0.05, 0) is 48.5 Å². The average molecular weight is 871 g/mol. The molecule has 4 N–H and O–H groups in total. The smallest absolute Gasteiger partial charge is 0.504 e. The molecule has 0 aliphatic heterocycles. The molecular weight excluding hydrogens is 843 g/mol. The van der Waals surface area contributed by atoms with Gasteiger partial charge in [-0.25, -0.2) is 19.6 Å². The van der Waals surface area contributed by atoms with Gasteiger partial charge >= 0.3 is 4.28 Å². The molecule has 6 rings (SSSR count). The van der Waals surface area contributed by atoms with E-state index in [0.717, 1.165) is 33.6 Å². The molecule has 0 saturated heterocycles. The first-order valence-electron chi connectivity index (χ1n) is 14.8. The largest absolute Gasteiger partial charge is 1.00 e. The van der Waals surface area contributed by atoms with Crippen molar-refractivity contribution in [2.45, 2.75) is 23.6 Å². The number of halogens is 2. The van der Waals surface area contributed by atoms with Gasteiger partial charge in [0.1, 0.15) is 32.3 Å². The van der Waals surface area contributed by atoms with Gasteiger partial charge in [0.25, 0.3) is 20.2 Å². The Morgan fingerprint density at radius 2 is 0.964 bits per heavy atom. The molecule has 2 heterocycles. The predicted molar refractivity (Wildman–Crippen MR) is 198 cm³/mol. The fourth-order valence-electron chi connectivity index (χ4n) is 4.59. The van der Waals surface area contributed by atoms with Crippen molar-refractivity contribution in [3.8, 4) is 22.9 Å². The van der Waals surface area contributed by atoms with E-state index in [2.05, 4.69) is 30.7 Å². The second-order valence-electron chi connectivity index (χ2n) is 10.9. The molecule has 0 aliphatic carbocycles. The minimum atomic E-state index is -4.72. The number of phenols is 2. The molecule has 0 saturated carbocycles. The molecule has 0 amide bonds. The zero-order valence-electron chi connectivity index (χ0n) is 30.9. The molecule has 0 aliphatic rings. The van der Waals surface area contributed by atoms with Gasteiger partial charge in [0.2, 0.25) is 0 Å². The van der Waals surface area contributed by atoms with Gasteiger partial charge in [-0.3, -0.25) is 9.11 Å². The third kappa shape index (κ3) is 9.66. The average Bonchev–Trinajstić information content (AvgIpc) is 3.57. The Morgan fingerprint density at radius 1 is 0.636 bits per heavy atom. The van der Waals surface area contributed by atoms with Crippen LogP contribution in [0.25, 0.3) is 11.4 Å². The Balaban J connectivity index is 0.000000543. The third-order valence-electron chi connectivity index (χ3n) is 7.09. The zero-order chi connectivity index (χ0) is 39.5. The Bertz CT molecular complexity index is 2610. The summed E-state index contributed by atoms with van der Waals surface area (Å²) in [7, 11) is -9.45. The summed E-state index contributed by atoms with van der Waals surface area (Å²) in [5.74, 6) is -1.68. The molecule has 55 heavy (non-hydrogen) atoms. The fourth-order valence-corrected chi connectivity index (χ4v) is 6.39. The van der Waals surface area contributed by atoms with Gasteiger partial charge in [0.05, 0.1) is 11.4 Å². The van der Waals surface area contributed by atoms with E-state index in [1.807, 2.05) is 0 Å². The molecule has 0 unspecified atom stereocenters. The first kappa shape index (κ1) is 42.4. The van der Waals surface area contributed by atoms with Crippen LogP contribution in [0.5, 0.6) is 11.5 Å². The molecule has 4 aromatic carbocycles. The van der Waals surface area contributed by atoms with Crippen LogP contribution in [0.1, 0.15) is 15.7 Å². The zero-order valence-corrected chi connectivity index (χ0v) is 32.3. The monoisotopic (exact) mass is 869 g/mol. The Morgan fingerprint density at radius 3 is 1.27 bits per heavy atom. The molecule has 286 valence electrons. The normalized spacial score (nSPS) is 11.7. The van der Waals surface area contributed by atoms with E-state index in [1.165, 1.54) is 0 Å². The summed E-state index contributed by atoms with van der Waals surface area (Å²) < 4.78 is 65.8. The summed E-state index contributed by atoms with van der Waals surface area (Å²) in [5, 5.41) is 43.0. The van der Waals surface area contributed by atoms with Gasteiger partial charge in [-0.2, -0.15) is 27.1 Å². The maximum atomic E-state index is 12.5. The van der Waals surface area contributed by atoms with E-state index in [0.29, 0.717) is 11.4 Å². The van der Waals surface area contributed by atoms with E-state index < -0.39 is 52.6 Å². The van der Waals surface area contributed by atoms with Crippen molar-refractivity contribution in [2.75, 3.05) is 0 Å². The van der Waals surface area contributed by atoms with Gasteiger partial charge in [-0.1, -0.05) is 84.8 Å². The molecule has 18 nitrogen and oxygen atoms in total. The van der Waals surface area contributed by atoms with Gasteiger partial charge in [0, 0.05) is 27.4 Å². The number of azo groups is 2. The van der Waals surface area contributed by atoms with Gasteiger partial charge in [-0.15, -0.1) is 11.4 Å². The maximum Gasteiger partial charge on any atom is 1.00 e. The minimum absolute atomic E-state index is 0. The van der Waals surface area contributed by atoms with E-state index in [1.54, 1.807) is 74.5 Å². The predicted octanol–water partition coefficient (Wildman–Crippen LogP) is 6.90. The van der Waals surface area contributed by atoms with Crippen molar-refractivity contribution in [3.63, 3.8) is 0 Å². The molecule has 23 heteroatoms. The Labute approximate surface area is 336 Å². The Kier molecular flexibility index (Phi) is 13.1. The van der Waals surface area contributed by atoms with E-state index in [9.17, 15) is 36.6 Å². The van der Waals surface area contributed by atoms with Crippen molar-refractivity contribution in [3.05, 3.63) is 127 Å². The molecule has 0 fully saturated rings. The number of nitrogens with zero attached hydrogens (tertiary/aromatic N) is 8. The topological polar surface area (TPSA) is 268 Å². The maximum absolute atomic E-state index is 12.5. The van der Waals surface area contributed by atoms with E-state index in [-0.39, 0.29) is 65.8 Å². The van der Waals surface area contributed by atoms with E-state index >= 15 is 0 Å². The number of benzene rings is 4. The first-order valence-corrected chi connectivity index (χ1v) is 18.5. The summed E-state index contributed by atoms with van der Waals surface area (Å²) in [4.78, 5) is 23.4. The summed E-state index contributed by atoms with van der Waals surface area (Å²) in [5.41, 5.74) is -0.301. The molecule has 6 aromatic rings. The van der Waals surface area contributed by atoms with Crippen LogP contribution < -0.4 is 11.1 Å². The molecule has 0 spiro atoms. The van der Waals surface area contributed by atoms with Crippen LogP contribution in [0.2, 0.25) is 10.0 Å². The molecule has 0 radical (unpaired) electrons. The van der Waals surface area contributed by atoms with Crippen LogP contribution in [0.4, 0.5) is 22.7 Å². The van der Waals surface area contributed by atoms with Crippen molar-refractivity contribution in [1.29, 1.82) is 0 Å². The number of hydrogen-bond donors (Lipinski definition) is 4. The summed E-state index contributed by atoms with van der Waals surface area (Å²) in [6, 6.07) is 21.3. The van der Waals surface area contributed by atoms with Crippen molar-refractivity contribution in [2.24, 2.45) is 20.5 Å². The quantitative estimate of drug-likeness (QED) is 0.0691. The number of aromatic nitrogens is 4. The second-order valence-corrected chi connectivity index (χ2v) is 14.5. The van der Waals surface area contributed by atoms with Gasteiger partial charge in [0.15, 0.2) is 11.5 Å². The van der Waals surface area contributed by atoms with Crippen molar-refractivity contribution in [1.82, 2.24) is 19.6 Å². The summed E-state index contributed by atoms with van der Waals surface area (Å²) in [6.07, 6.45) is 0. The van der Waals surface area contributed by atoms with E-state index in [4.69, 9.17) is 32.3 Å². The molecule has 2 aromatic heterocycles. The summed E-state index contributed by atoms with van der Waals surface area (Å²) in [6.45, 7) is 3.10. The summed E-state index contributed by atoms with van der Waals surface area (Å²) >= 11 is 11.6. The number of hydrogen-bond acceptors (Lipinski definition) is 14. The fraction of sp³-hybridized carbons (Fsp3) is 0.0625. The first-order chi connectivity index (χ1) is 25.4. The van der Waals surface area contributed by atoms with Gasteiger partial charge < -0.3 is 30.0 Å².